The Balaban J connectivity index is 1.55. The van der Waals surface area contributed by atoms with Crippen molar-refractivity contribution in [3.05, 3.63) is 58.9 Å². The fraction of sp³-hybridized carbons (Fsp3) is 0.238. The molecule has 2 aromatic heterocycles. The monoisotopic (exact) mass is 426 g/mol. The highest BCUT2D eigenvalue weighted by molar-refractivity contribution is 7.99. The quantitative estimate of drug-likeness (QED) is 0.508. The number of anilines is 1. The van der Waals surface area contributed by atoms with Crippen LogP contribution in [0, 0.1) is 17.1 Å². The summed E-state index contributed by atoms with van der Waals surface area (Å²) in [5.41, 5.74) is 2.92. The zero-order valence-electron chi connectivity index (χ0n) is 16.0. The predicted molar refractivity (Wildman–Crippen MR) is 115 cm³/mol. The molecule has 1 N–H and O–H groups in total. The van der Waals surface area contributed by atoms with Crippen molar-refractivity contribution in [1.82, 2.24) is 9.97 Å². The van der Waals surface area contributed by atoms with Gasteiger partial charge in [0.15, 0.2) is 5.13 Å². The summed E-state index contributed by atoms with van der Waals surface area (Å²) in [4.78, 5) is 21.1. The summed E-state index contributed by atoms with van der Waals surface area (Å²) in [7, 11) is 0. The molecule has 0 saturated carbocycles. The van der Waals surface area contributed by atoms with Gasteiger partial charge in [0.1, 0.15) is 16.9 Å². The lowest BCUT2D eigenvalue weighted by Crippen LogP contribution is -2.12. The zero-order chi connectivity index (χ0) is 20.8. The van der Waals surface area contributed by atoms with Gasteiger partial charge in [0.2, 0.25) is 5.91 Å². The van der Waals surface area contributed by atoms with Crippen molar-refractivity contribution in [1.29, 1.82) is 5.26 Å². The average Bonchev–Trinajstić information content (AvgIpc) is 3.16. The first-order valence-electron chi connectivity index (χ1n) is 9.01. The molecule has 2 heterocycles. The van der Waals surface area contributed by atoms with E-state index < -0.39 is 0 Å². The van der Waals surface area contributed by atoms with Crippen molar-refractivity contribution >= 4 is 34.1 Å². The van der Waals surface area contributed by atoms with Crippen molar-refractivity contribution in [2.24, 2.45) is 0 Å². The molecule has 0 spiro atoms. The second-order valence-corrected chi connectivity index (χ2v) is 8.49. The molecule has 0 aliphatic rings. The van der Waals surface area contributed by atoms with E-state index in [9.17, 15) is 14.4 Å². The highest BCUT2D eigenvalue weighted by Gasteiger charge is 2.12. The number of halogens is 1. The Bertz CT molecular complexity index is 1040. The number of hydrogen-bond donors (Lipinski definition) is 1. The van der Waals surface area contributed by atoms with Crippen LogP contribution in [0.2, 0.25) is 0 Å². The number of nitrogens with one attached hydrogen (secondary N) is 1. The van der Waals surface area contributed by atoms with Crippen LogP contribution in [0.15, 0.2) is 46.8 Å². The molecular weight excluding hydrogens is 407 g/mol. The lowest BCUT2D eigenvalue weighted by Gasteiger charge is -2.08. The number of aromatic nitrogens is 2. The van der Waals surface area contributed by atoms with Crippen LogP contribution in [0.5, 0.6) is 0 Å². The number of hydrogen-bond acceptors (Lipinski definition) is 6. The lowest BCUT2D eigenvalue weighted by molar-refractivity contribution is -0.115. The molecule has 3 aromatic rings. The topological polar surface area (TPSA) is 78.7 Å². The van der Waals surface area contributed by atoms with Crippen LogP contribution in [0.25, 0.3) is 11.3 Å². The SMILES string of the molecule is CC(C)c1ccc(C#N)c(SCCC(=O)Nc2nc(-c3ccc(F)cc3)cs2)n1. The summed E-state index contributed by atoms with van der Waals surface area (Å²) >= 11 is 2.72. The van der Waals surface area contributed by atoms with E-state index in [1.54, 1.807) is 18.2 Å². The molecule has 5 nitrogen and oxygen atoms in total. The number of benzene rings is 1. The maximum Gasteiger partial charge on any atom is 0.226 e. The van der Waals surface area contributed by atoms with Crippen LogP contribution in [-0.2, 0) is 4.79 Å². The minimum Gasteiger partial charge on any atom is -0.302 e. The van der Waals surface area contributed by atoms with Crippen molar-refractivity contribution < 1.29 is 9.18 Å². The van der Waals surface area contributed by atoms with Crippen LogP contribution in [0.4, 0.5) is 9.52 Å². The molecule has 0 radical (unpaired) electrons. The molecule has 0 atom stereocenters. The Labute approximate surface area is 177 Å². The van der Waals surface area contributed by atoms with Crippen LogP contribution in [-0.4, -0.2) is 21.6 Å². The van der Waals surface area contributed by atoms with Crippen molar-refractivity contribution in [2.75, 3.05) is 11.1 Å². The number of nitrogens with zero attached hydrogens (tertiary/aromatic N) is 3. The summed E-state index contributed by atoms with van der Waals surface area (Å²) < 4.78 is 13.0. The molecule has 0 aliphatic carbocycles. The first-order valence-corrected chi connectivity index (χ1v) is 10.9. The molecule has 0 fully saturated rings. The lowest BCUT2D eigenvalue weighted by atomic mass is 10.1. The predicted octanol–water partition coefficient (Wildman–Crippen LogP) is 5.46. The van der Waals surface area contributed by atoms with E-state index in [2.05, 4.69) is 21.4 Å². The maximum absolute atomic E-state index is 13.0. The van der Waals surface area contributed by atoms with Gasteiger partial charge in [-0.05, 0) is 42.3 Å². The molecule has 0 saturated heterocycles. The smallest absolute Gasteiger partial charge is 0.226 e. The second kappa shape index (κ2) is 9.63. The summed E-state index contributed by atoms with van der Waals surface area (Å²) in [5.74, 6) is 0.315. The standard InChI is InChI=1S/C21H19FN4OS2/c1-13(2)17-8-5-15(11-23)20(24-17)28-10-9-19(27)26-21-25-18(12-29-21)14-3-6-16(22)7-4-14/h3-8,12-13H,9-10H2,1-2H3,(H,25,26,27). The third-order valence-corrected chi connectivity index (χ3v) is 5.80. The maximum atomic E-state index is 13.0. The van der Waals surface area contributed by atoms with Crippen LogP contribution < -0.4 is 5.32 Å². The van der Waals surface area contributed by atoms with Gasteiger partial charge in [-0.1, -0.05) is 13.8 Å². The molecule has 1 amide bonds. The number of rotatable bonds is 7. The molecule has 148 valence electrons. The Morgan fingerprint density at radius 2 is 2.00 bits per heavy atom. The molecule has 0 aliphatic heterocycles. The number of amides is 1. The Morgan fingerprint density at radius 1 is 1.24 bits per heavy atom. The first-order chi connectivity index (χ1) is 14.0. The van der Waals surface area contributed by atoms with E-state index in [-0.39, 0.29) is 24.1 Å². The minimum atomic E-state index is -0.303. The van der Waals surface area contributed by atoms with E-state index in [1.165, 1.54) is 35.2 Å². The van der Waals surface area contributed by atoms with Crippen molar-refractivity contribution in [3.8, 4) is 17.3 Å². The second-order valence-electron chi connectivity index (χ2n) is 6.55. The number of nitriles is 1. The first kappa shape index (κ1) is 21.0. The number of pyridine rings is 1. The molecule has 0 unspecified atom stereocenters. The van der Waals surface area contributed by atoms with Gasteiger partial charge in [-0.25, -0.2) is 14.4 Å². The van der Waals surface area contributed by atoms with Crippen LogP contribution in [0.1, 0.15) is 37.4 Å². The van der Waals surface area contributed by atoms with E-state index in [0.29, 0.717) is 27.2 Å². The van der Waals surface area contributed by atoms with Gasteiger partial charge in [-0.15, -0.1) is 23.1 Å². The fourth-order valence-electron chi connectivity index (χ4n) is 2.48. The van der Waals surface area contributed by atoms with E-state index in [0.717, 1.165) is 11.3 Å². The molecule has 0 bridgehead atoms. The van der Waals surface area contributed by atoms with Gasteiger partial charge >= 0.3 is 0 Å². The van der Waals surface area contributed by atoms with Gasteiger partial charge in [0.05, 0.1) is 11.3 Å². The highest BCUT2D eigenvalue weighted by atomic mass is 32.2. The minimum absolute atomic E-state index is 0.156. The van der Waals surface area contributed by atoms with Crippen molar-refractivity contribution in [3.63, 3.8) is 0 Å². The number of carbonyl (C=O) groups is 1. The molecular formula is C21H19FN4OS2. The summed E-state index contributed by atoms with van der Waals surface area (Å²) in [5, 5.41) is 15.0. The summed E-state index contributed by atoms with van der Waals surface area (Å²) in [6, 6.07) is 11.8. The number of thiazole rings is 1. The molecule has 8 heteroatoms. The van der Waals surface area contributed by atoms with Gasteiger partial charge in [-0.2, -0.15) is 5.26 Å². The van der Waals surface area contributed by atoms with Gasteiger partial charge in [0.25, 0.3) is 0 Å². The van der Waals surface area contributed by atoms with E-state index in [4.69, 9.17) is 0 Å². The summed E-state index contributed by atoms with van der Waals surface area (Å²) in [6.45, 7) is 4.09. The van der Waals surface area contributed by atoms with E-state index >= 15 is 0 Å². The Hall–Kier alpha value is -2.76. The number of thioether (sulfide) groups is 1. The highest BCUT2D eigenvalue weighted by Crippen LogP contribution is 2.26. The molecule has 1 aromatic carbocycles. The molecule has 3 rings (SSSR count). The molecule has 29 heavy (non-hydrogen) atoms. The summed E-state index contributed by atoms with van der Waals surface area (Å²) in [6.07, 6.45) is 0.272. The normalized spacial score (nSPS) is 10.7. The van der Waals surface area contributed by atoms with Gasteiger partial charge in [0, 0.05) is 28.8 Å². The van der Waals surface area contributed by atoms with Crippen LogP contribution >= 0.6 is 23.1 Å². The van der Waals surface area contributed by atoms with E-state index in [1.807, 2.05) is 25.3 Å². The third kappa shape index (κ3) is 5.62. The average molecular weight is 427 g/mol. The largest absolute Gasteiger partial charge is 0.302 e. The Morgan fingerprint density at radius 3 is 2.69 bits per heavy atom. The third-order valence-electron chi connectivity index (χ3n) is 4.05. The van der Waals surface area contributed by atoms with Crippen LogP contribution in [0.3, 0.4) is 0 Å². The zero-order valence-corrected chi connectivity index (χ0v) is 17.6. The number of carbonyl (C=O) groups excluding carboxylic acids is 1. The Kier molecular flexibility index (Phi) is 6.96. The van der Waals surface area contributed by atoms with Crippen molar-refractivity contribution in [2.45, 2.75) is 31.2 Å². The van der Waals surface area contributed by atoms with Gasteiger partial charge < -0.3 is 5.32 Å². The van der Waals surface area contributed by atoms with Gasteiger partial charge in [-0.3, -0.25) is 4.79 Å². The fourth-order valence-corrected chi connectivity index (χ4v) is 4.13.